The van der Waals surface area contributed by atoms with Crippen LogP contribution in [-0.2, 0) is 6.42 Å². The minimum atomic E-state index is -5.48. The van der Waals surface area contributed by atoms with E-state index in [-0.39, 0.29) is 11.1 Å². The lowest BCUT2D eigenvalue weighted by Crippen LogP contribution is -2.49. The van der Waals surface area contributed by atoms with Crippen molar-refractivity contribution in [2.24, 2.45) is 11.7 Å². The molecule has 1 atom stereocenters. The molecule has 0 aromatic heterocycles. The summed E-state index contributed by atoms with van der Waals surface area (Å²) in [6.07, 6.45) is -11.6. The van der Waals surface area contributed by atoms with E-state index in [2.05, 4.69) is 0 Å². The molecule has 0 aliphatic rings. The van der Waals surface area contributed by atoms with Crippen LogP contribution >= 0.6 is 0 Å². The van der Waals surface area contributed by atoms with Crippen molar-refractivity contribution in [3.05, 3.63) is 35.1 Å². The molecular weight excluding hydrogens is 291 g/mol. The summed E-state index contributed by atoms with van der Waals surface area (Å²) in [7, 11) is 0. The largest absolute Gasteiger partial charge is 0.402 e. The molecule has 0 heterocycles. The number of hydrogen-bond donors (Lipinski definition) is 1. The number of rotatable bonds is 3. The van der Waals surface area contributed by atoms with E-state index in [0.29, 0.717) is 0 Å². The standard InChI is InChI=1S/C12H12F7N/c1-6-4-8(13)3-2-7(6)5-9(20)10(11(14,15)16)12(17,18)19/h2-4,9-10H,5,20H2,1H3. The first-order valence-corrected chi connectivity index (χ1v) is 5.57. The third-order valence-electron chi connectivity index (χ3n) is 2.89. The summed E-state index contributed by atoms with van der Waals surface area (Å²) in [5, 5.41) is 0. The molecule has 114 valence electrons. The van der Waals surface area contributed by atoms with Crippen LogP contribution in [0.25, 0.3) is 0 Å². The van der Waals surface area contributed by atoms with E-state index in [1.165, 1.54) is 6.92 Å². The van der Waals surface area contributed by atoms with E-state index in [9.17, 15) is 30.7 Å². The van der Waals surface area contributed by atoms with E-state index in [1.807, 2.05) is 0 Å². The zero-order chi connectivity index (χ0) is 15.7. The van der Waals surface area contributed by atoms with Crippen LogP contribution in [0.15, 0.2) is 18.2 Å². The van der Waals surface area contributed by atoms with E-state index >= 15 is 0 Å². The van der Waals surface area contributed by atoms with Crippen LogP contribution in [0.1, 0.15) is 11.1 Å². The second-order valence-electron chi connectivity index (χ2n) is 4.50. The Hall–Kier alpha value is -1.31. The maximum Gasteiger partial charge on any atom is 0.402 e. The van der Waals surface area contributed by atoms with Gasteiger partial charge in [0.2, 0.25) is 0 Å². The lowest BCUT2D eigenvalue weighted by atomic mass is 9.91. The highest BCUT2D eigenvalue weighted by atomic mass is 19.4. The molecule has 0 saturated carbocycles. The fraction of sp³-hybridized carbons (Fsp3) is 0.500. The average Bonchev–Trinajstić information content (AvgIpc) is 2.17. The van der Waals surface area contributed by atoms with Crippen LogP contribution in [0.4, 0.5) is 30.7 Å². The molecular formula is C12H12F7N. The quantitative estimate of drug-likeness (QED) is 0.846. The van der Waals surface area contributed by atoms with Gasteiger partial charge >= 0.3 is 12.4 Å². The van der Waals surface area contributed by atoms with E-state index < -0.39 is 36.6 Å². The Labute approximate surface area is 110 Å². The summed E-state index contributed by atoms with van der Waals surface area (Å²) in [6, 6.07) is 0.941. The first kappa shape index (κ1) is 16.7. The van der Waals surface area contributed by atoms with E-state index in [0.717, 1.165) is 18.2 Å². The van der Waals surface area contributed by atoms with Crippen LogP contribution in [0.2, 0.25) is 0 Å². The molecule has 0 radical (unpaired) electrons. The molecule has 0 fully saturated rings. The molecule has 20 heavy (non-hydrogen) atoms. The zero-order valence-corrected chi connectivity index (χ0v) is 10.3. The van der Waals surface area contributed by atoms with Crippen molar-refractivity contribution >= 4 is 0 Å². The Morgan fingerprint density at radius 1 is 1.05 bits per heavy atom. The van der Waals surface area contributed by atoms with Crippen molar-refractivity contribution in [3.63, 3.8) is 0 Å². The molecule has 0 aliphatic heterocycles. The van der Waals surface area contributed by atoms with Gasteiger partial charge in [-0.3, -0.25) is 0 Å². The Kier molecular flexibility index (Phi) is 4.68. The summed E-state index contributed by atoms with van der Waals surface area (Å²) in [6.45, 7) is 1.39. The van der Waals surface area contributed by atoms with Gasteiger partial charge in [0.25, 0.3) is 0 Å². The van der Waals surface area contributed by atoms with Crippen LogP contribution in [0.3, 0.4) is 0 Å². The molecule has 8 heteroatoms. The average molecular weight is 303 g/mol. The number of aryl methyl sites for hydroxylation is 1. The van der Waals surface area contributed by atoms with Gasteiger partial charge in [-0.2, -0.15) is 26.3 Å². The molecule has 1 aromatic carbocycles. The predicted molar refractivity (Wildman–Crippen MR) is 58.4 cm³/mol. The van der Waals surface area contributed by atoms with Gasteiger partial charge in [0.1, 0.15) is 5.82 Å². The van der Waals surface area contributed by atoms with Crippen molar-refractivity contribution in [3.8, 4) is 0 Å². The van der Waals surface area contributed by atoms with Gasteiger partial charge in [0.05, 0.1) is 0 Å². The number of benzene rings is 1. The van der Waals surface area contributed by atoms with Gasteiger partial charge in [0, 0.05) is 6.04 Å². The fourth-order valence-corrected chi connectivity index (χ4v) is 1.93. The summed E-state index contributed by atoms with van der Waals surface area (Å²) in [4.78, 5) is 0. The van der Waals surface area contributed by atoms with Gasteiger partial charge in [-0.05, 0) is 36.6 Å². The molecule has 2 N–H and O–H groups in total. The SMILES string of the molecule is Cc1cc(F)ccc1CC(N)C(C(F)(F)F)C(F)(F)F. The van der Waals surface area contributed by atoms with Gasteiger partial charge in [0.15, 0.2) is 5.92 Å². The molecule has 0 bridgehead atoms. The first-order chi connectivity index (χ1) is 8.93. The Bertz CT molecular complexity index is 450. The lowest BCUT2D eigenvalue weighted by molar-refractivity contribution is -0.289. The second kappa shape index (κ2) is 5.59. The maximum absolute atomic E-state index is 12.8. The summed E-state index contributed by atoms with van der Waals surface area (Å²) < 4.78 is 87.7. The Morgan fingerprint density at radius 3 is 1.95 bits per heavy atom. The van der Waals surface area contributed by atoms with Crippen molar-refractivity contribution in [1.82, 2.24) is 0 Å². The van der Waals surface area contributed by atoms with Gasteiger partial charge in [-0.15, -0.1) is 0 Å². The highest BCUT2D eigenvalue weighted by Crippen LogP contribution is 2.41. The topological polar surface area (TPSA) is 26.0 Å². The van der Waals surface area contributed by atoms with E-state index in [4.69, 9.17) is 5.73 Å². The third-order valence-corrected chi connectivity index (χ3v) is 2.89. The van der Waals surface area contributed by atoms with Crippen LogP contribution in [0.5, 0.6) is 0 Å². The molecule has 0 spiro atoms. The molecule has 1 rings (SSSR count). The van der Waals surface area contributed by atoms with E-state index in [1.54, 1.807) is 0 Å². The summed E-state index contributed by atoms with van der Waals surface area (Å²) >= 11 is 0. The monoisotopic (exact) mass is 303 g/mol. The molecule has 0 amide bonds. The fourth-order valence-electron chi connectivity index (χ4n) is 1.93. The number of hydrogen-bond acceptors (Lipinski definition) is 1. The molecule has 0 saturated heterocycles. The predicted octanol–water partition coefficient (Wildman–Crippen LogP) is 3.74. The van der Waals surface area contributed by atoms with Crippen molar-refractivity contribution in [1.29, 1.82) is 0 Å². The van der Waals surface area contributed by atoms with Crippen molar-refractivity contribution < 1.29 is 30.7 Å². The third kappa shape index (κ3) is 4.09. The maximum atomic E-state index is 12.8. The van der Waals surface area contributed by atoms with Gasteiger partial charge < -0.3 is 5.73 Å². The Balaban J connectivity index is 3.00. The zero-order valence-electron chi connectivity index (χ0n) is 10.3. The molecule has 1 nitrogen and oxygen atoms in total. The van der Waals surface area contributed by atoms with Crippen molar-refractivity contribution in [2.45, 2.75) is 31.7 Å². The van der Waals surface area contributed by atoms with Crippen molar-refractivity contribution in [2.75, 3.05) is 0 Å². The number of nitrogens with two attached hydrogens (primary N) is 1. The minimum absolute atomic E-state index is 0.150. The number of halogens is 7. The van der Waals surface area contributed by atoms with Crippen LogP contribution in [-0.4, -0.2) is 18.4 Å². The minimum Gasteiger partial charge on any atom is -0.327 e. The van der Waals surface area contributed by atoms with Gasteiger partial charge in [-0.25, -0.2) is 4.39 Å². The molecule has 0 aliphatic carbocycles. The summed E-state index contributed by atoms with van der Waals surface area (Å²) in [5.41, 5.74) is 5.50. The smallest absolute Gasteiger partial charge is 0.327 e. The van der Waals surface area contributed by atoms with Crippen LogP contribution in [0, 0.1) is 18.7 Å². The summed E-state index contributed by atoms with van der Waals surface area (Å²) in [5.74, 6) is -4.23. The number of alkyl halides is 6. The normalized spacial score (nSPS) is 14.7. The molecule has 1 unspecified atom stereocenters. The first-order valence-electron chi connectivity index (χ1n) is 5.57. The highest BCUT2D eigenvalue weighted by molar-refractivity contribution is 5.27. The Morgan fingerprint density at radius 2 is 1.55 bits per heavy atom. The lowest BCUT2D eigenvalue weighted by Gasteiger charge is -2.28. The second-order valence-corrected chi connectivity index (χ2v) is 4.50. The van der Waals surface area contributed by atoms with Crippen LogP contribution < -0.4 is 5.73 Å². The molecule has 1 aromatic rings. The highest BCUT2D eigenvalue weighted by Gasteiger charge is 2.59. The van der Waals surface area contributed by atoms with Gasteiger partial charge in [-0.1, -0.05) is 6.07 Å².